The third kappa shape index (κ3) is 3.66. The molecule has 5 nitrogen and oxygen atoms in total. The van der Waals surface area contributed by atoms with Gasteiger partial charge >= 0.3 is 0 Å². The number of aromatic nitrogens is 2. The summed E-state index contributed by atoms with van der Waals surface area (Å²) in [6.07, 6.45) is 0. The van der Waals surface area contributed by atoms with Crippen molar-refractivity contribution in [3.8, 4) is 11.3 Å². The highest BCUT2D eigenvalue weighted by molar-refractivity contribution is 5.60. The number of ether oxygens (including phenoxy) is 1. The van der Waals surface area contributed by atoms with Crippen molar-refractivity contribution < 1.29 is 4.74 Å². The summed E-state index contributed by atoms with van der Waals surface area (Å²) in [5.41, 5.74) is 2.55. The number of hydrogen-bond acceptors (Lipinski definition) is 4. The van der Waals surface area contributed by atoms with Crippen LogP contribution in [-0.2, 0) is 4.74 Å². The van der Waals surface area contributed by atoms with E-state index in [9.17, 15) is 4.79 Å². The van der Waals surface area contributed by atoms with Gasteiger partial charge in [-0.05, 0) is 13.0 Å². The van der Waals surface area contributed by atoms with Crippen LogP contribution in [-0.4, -0.2) is 30.2 Å². The first-order valence-electron chi connectivity index (χ1n) is 6.10. The van der Waals surface area contributed by atoms with Crippen LogP contribution in [0.5, 0.6) is 0 Å². The van der Waals surface area contributed by atoms with Crippen LogP contribution in [0.4, 0.5) is 5.95 Å². The Morgan fingerprint density at radius 3 is 2.95 bits per heavy atom. The lowest BCUT2D eigenvalue weighted by Crippen LogP contribution is -2.15. The zero-order chi connectivity index (χ0) is 13.7. The molecule has 5 heteroatoms. The predicted octanol–water partition coefficient (Wildman–Crippen LogP) is 1.80. The highest BCUT2D eigenvalue weighted by Gasteiger charge is 2.04. The van der Waals surface area contributed by atoms with Gasteiger partial charge in [0.05, 0.1) is 12.3 Å². The zero-order valence-electron chi connectivity index (χ0n) is 11.1. The lowest BCUT2D eigenvalue weighted by Gasteiger charge is -2.07. The number of aryl methyl sites for hydroxylation is 1. The lowest BCUT2D eigenvalue weighted by atomic mass is 10.1. The Bertz CT molecular complexity index is 608. The average Bonchev–Trinajstić information content (AvgIpc) is 2.38. The molecule has 100 valence electrons. The smallest absolute Gasteiger partial charge is 0.252 e. The fourth-order valence-electron chi connectivity index (χ4n) is 1.77. The van der Waals surface area contributed by atoms with Crippen LogP contribution in [0.15, 0.2) is 35.1 Å². The summed E-state index contributed by atoms with van der Waals surface area (Å²) in [6.45, 7) is 3.16. The van der Waals surface area contributed by atoms with Crippen LogP contribution >= 0.6 is 0 Å². The van der Waals surface area contributed by atoms with E-state index in [4.69, 9.17) is 4.74 Å². The van der Waals surface area contributed by atoms with Gasteiger partial charge in [0, 0.05) is 25.3 Å². The summed E-state index contributed by atoms with van der Waals surface area (Å²) in [6, 6.07) is 9.39. The van der Waals surface area contributed by atoms with Crippen LogP contribution in [0.1, 0.15) is 5.56 Å². The molecular formula is C14H17N3O2. The van der Waals surface area contributed by atoms with Gasteiger partial charge in [0.1, 0.15) is 0 Å². The van der Waals surface area contributed by atoms with Gasteiger partial charge in [-0.3, -0.25) is 9.78 Å². The third-order valence-electron chi connectivity index (χ3n) is 2.65. The number of nitrogens with one attached hydrogen (secondary N) is 2. The lowest BCUT2D eigenvalue weighted by molar-refractivity contribution is 0.210. The Hall–Kier alpha value is -2.14. The van der Waals surface area contributed by atoms with E-state index in [1.54, 1.807) is 7.11 Å². The van der Waals surface area contributed by atoms with Crippen molar-refractivity contribution in [2.75, 3.05) is 25.6 Å². The first-order valence-corrected chi connectivity index (χ1v) is 6.10. The molecular weight excluding hydrogens is 242 g/mol. The van der Waals surface area contributed by atoms with Gasteiger partial charge in [0.15, 0.2) is 0 Å². The van der Waals surface area contributed by atoms with E-state index < -0.39 is 0 Å². The van der Waals surface area contributed by atoms with Gasteiger partial charge < -0.3 is 10.1 Å². The molecule has 0 unspecified atom stereocenters. The molecule has 1 heterocycles. The number of rotatable bonds is 5. The molecule has 2 aromatic rings. The molecule has 0 bridgehead atoms. The second-order valence-corrected chi connectivity index (χ2v) is 4.27. The van der Waals surface area contributed by atoms with E-state index in [0.29, 0.717) is 24.8 Å². The molecule has 0 aliphatic carbocycles. The van der Waals surface area contributed by atoms with E-state index in [1.807, 2.05) is 31.2 Å². The molecule has 2 rings (SSSR count). The Labute approximate surface area is 111 Å². The molecule has 0 aliphatic rings. The SMILES string of the molecule is COCCNc1nc(-c2cccc(C)c2)cc(=O)[nH]1. The molecule has 1 aromatic heterocycles. The fourth-order valence-corrected chi connectivity index (χ4v) is 1.77. The Balaban J connectivity index is 2.28. The standard InChI is InChI=1S/C14H17N3O2/c1-10-4-3-5-11(8-10)12-9-13(18)17-14(16-12)15-6-7-19-2/h3-5,8-9H,6-7H2,1-2H3,(H2,15,16,17,18). The quantitative estimate of drug-likeness (QED) is 0.804. The molecule has 0 atom stereocenters. The Kier molecular flexibility index (Phi) is 4.30. The van der Waals surface area contributed by atoms with Gasteiger partial charge in [0.2, 0.25) is 5.95 Å². The van der Waals surface area contributed by atoms with E-state index in [2.05, 4.69) is 15.3 Å². The third-order valence-corrected chi connectivity index (χ3v) is 2.65. The number of hydrogen-bond donors (Lipinski definition) is 2. The maximum Gasteiger partial charge on any atom is 0.252 e. The number of aromatic amines is 1. The normalized spacial score (nSPS) is 10.4. The molecule has 2 N–H and O–H groups in total. The molecule has 0 amide bonds. The highest BCUT2D eigenvalue weighted by atomic mass is 16.5. The van der Waals surface area contributed by atoms with Gasteiger partial charge in [-0.1, -0.05) is 23.8 Å². The summed E-state index contributed by atoms with van der Waals surface area (Å²) in [4.78, 5) is 18.7. The summed E-state index contributed by atoms with van der Waals surface area (Å²) < 4.78 is 4.94. The fraction of sp³-hybridized carbons (Fsp3) is 0.286. The van der Waals surface area contributed by atoms with Crippen LogP contribution in [0.25, 0.3) is 11.3 Å². The first kappa shape index (κ1) is 13.3. The summed E-state index contributed by atoms with van der Waals surface area (Å²) in [5.74, 6) is 0.459. The average molecular weight is 259 g/mol. The van der Waals surface area contributed by atoms with Gasteiger partial charge in [-0.25, -0.2) is 4.98 Å². The zero-order valence-corrected chi connectivity index (χ0v) is 11.1. The largest absolute Gasteiger partial charge is 0.383 e. The van der Waals surface area contributed by atoms with Crippen LogP contribution < -0.4 is 10.9 Å². The summed E-state index contributed by atoms with van der Waals surface area (Å²) >= 11 is 0. The topological polar surface area (TPSA) is 67.0 Å². The van der Waals surface area contributed by atoms with Gasteiger partial charge in [-0.2, -0.15) is 0 Å². The maximum absolute atomic E-state index is 11.6. The first-order chi connectivity index (χ1) is 9.19. The minimum absolute atomic E-state index is 0.175. The minimum Gasteiger partial charge on any atom is -0.383 e. The van der Waals surface area contributed by atoms with E-state index in [1.165, 1.54) is 6.07 Å². The van der Waals surface area contributed by atoms with E-state index in [0.717, 1.165) is 11.1 Å². The van der Waals surface area contributed by atoms with Gasteiger partial charge in [0.25, 0.3) is 5.56 Å². The number of H-pyrrole nitrogens is 1. The van der Waals surface area contributed by atoms with Crippen molar-refractivity contribution >= 4 is 5.95 Å². The van der Waals surface area contributed by atoms with Crippen molar-refractivity contribution in [2.24, 2.45) is 0 Å². The van der Waals surface area contributed by atoms with E-state index >= 15 is 0 Å². The molecule has 0 saturated heterocycles. The molecule has 0 saturated carbocycles. The maximum atomic E-state index is 11.6. The van der Waals surface area contributed by atoms with Crippen molar-refractivity contribution in [1.29, 1.82) is 0 Å². The second kappa shape index (κ2) is 6.15. The Morgan fingerprint density at radius 1 is 1.37 bits per heavy atom. The summed E-state index contributed by atoms with van der Waals surface area (Å²) in [7, 11) is 1.63. The molecule has 19 heavy (non-hydrogen) atoms. The number of methoxy groups -OCH3 is 1. The summed E-state index contributed by atoms with van der Waals surface area (Å²) in [5, 5.41) is 3.02. The monoisotopic (exact) mass is 259 g/mol. The number of anilines is 1. The molecule has 0 spiro atoms. The predicted molar refractivity (Wildman–Crippen MR) is 75.4 cm³/mol. The van der Waals surface area contributed by atoms with Crippen LogP contribution in [0.2, 0.25) is 0 Å². The molecule has 0 radical (unpaired) electrons. The van der Waals surface area contributed by atoms with Crippen molar-refractivity contribution in [2.45, 2.75) is 6.92 Å². The van der Waals surface area contributed by atoms with E-state index in [-0.39, 0.29) is 5.56 Å². The van der Waals surface area contributed by atoms with Gasteiger partial charge in [-0.15, -0.1) is 0 Å². The molecule has 1 aromatic carbocycles. The number of benzene rings is 1. The molecule has 0 aliphatic heterocycles. The second-order valence-electron chi connectivity index (χ2n) is 4.27. The number of nitrogens with zero attached hydrogens (tertiary/aromatic N) is 1. The van der Waals surface area contributed by atoms with Crippen molar-refractivity contribution in [1.82, 2.24) is 9.97 Å². The van der Waals surface area contributed by atoms with Crippen LogP contribution in [0, 0.1) is 6.92 Å². The minimum atomic E-state index is -0.175. The highest BCUT2D eigenvalue weighted by Crippen LogP contribution is 2.17. The van der Waals surface area contributed by atoms with Crippen molar-refractivity contribution in [3.63, 3.8) is 0 Å². The Morgan fingerprint density at radius 2 is 2.21 bits per heavy atom. The van der Waals surface area contributed by atoms with Crippen LogP contribution in [0.3, 0.4) is 0 Å². The molecule has 0 fully saturated rings. The van der Waals surface area contributed by atoms with Crippen molar-refractivity contribution in [3.05, 3.63) is 46.2 Å².